The molecule has 1 aliphatic heterocycles. The van der Waals surface area contributed by atoms with Gasteiger partial charge >= 0.3 is 0 Å². The van der Waals surface area contributed by atoms with Gasteiger partial charge < -0.3 is 9.47 Å². The van der Waals surface area contributed by atoms with Crippen molar-refractivity contribution in [1.29, 1.82) is 0 Å². The molecule has 0 aromatic carbocycles. The summed E-state index contributed by atoms with van der Waals surface area (Å²) in [5.41, 5.74) is 3.25. The van der Waals surface area contributed by atoms with Crippen molar-refractivity contribution in [3.63, 3.8) is 0 Å². The third-order valence-electron chi connectivity index (χ3n) is 3.65. The number of nitrogens with one attached hydrogen (secondary N) is 1. The van der Waals surface area contributed by atoms with E-state index in [1.807, 2.05) is 7.05 Å². The molecule has 18 heavy (non-hydrogen) atoms. The van der Waals surface area contributed by atoms with Crippen LogP contribution in [0, 0.1) is 0 Å². The zero-order valence-corrected chi connectivity index (χ0v) is 11.4. The van der Waals surface area contributed by atoms with Crippen LogP contribution < -0.4 is 11.3 Å². The summed E-state index contributed by atoms with van der Waals surface area (Å²) in [5.74, 6) is 5.72. The van der Waals surface area contributed by atoms with Gasteiger partial charge in [-0.05, 0) is 0 Å². The Labute approximate surface area is 111 Å². The third-order valence-corrected chi connectivity index (χ3v) is 3.94. The van der Waals surface area contributed by atoms with Crippen molar-refractivity contribution in [2.45, 2.75) is 24.5 Å². The number of aryl methyl sites for hydroxylation is 1. The van der Waals surface area contributed by atoms with Gasteiger partial charge in [0.2, 0.25) is 0 Å². The van der Waals surface area contributed by atoms with Crippen LogP contribution in [0.2, 0.25) is 5.02 Å². The molecule has 0 aliphatic carbocycles. The molecule has 1 saturated heterocycles. The van der Waals surface area contributed by atoms with Crippen molar-refractivity contribution in [3.05, 3.63) is 16.9 Å². The molecule has 1 atom stereocenters. The van der Waals surface area contributed by atoms with E-state index in [1.165, 1.54) is 0 Å². The van der Waals surface area contributed by atoms with Gasteiger partial charge in [0.15, 0.2) is 0 Å². The highest BCUT2D eigenvalue weighted by atomic mass is 35.5. The Bertz CT molecular complexity index is 384. The Morgan fingerprint density at radius 2 is 2.28 bits per heavy atom. The van der Waals surface area contributed by atoms with Crippen LogP contribution >= 0.6 is 11.6 Å². The lowest BCUT2D eigenvalue weighted by Crippen LogP contribution is -2.51. The molecule has 0 amide bonds. The molecule has 3 N–H and O–H groups in total. The zero-order valence-electron chi connectivity index (χ0n) is 10.6. The molecule has 1 aliphatic rings. The molecule has 0 spiro atoms. The number of methoxy groups -OCH3 is 1. The predicted molar refractivity (Wildman–Crippen MR) is 68.1 cm³/mol. The topological polar surface area (TPSA) is 74.3 Å². The molecule has 1 unspecified atom stereocenters. The van der Waals surface area contributed by atoms with E-state index in [4.69, 9.17) is 26.9 Å². The van der Waals surface area contributed by atoms with Crippen molar-refractivity contribution in [2.75, 3.05) is 20.3 Å². The fraction of sp³-hybridized carbons (Fsp3) is 0.727. The lowest BCUT2D eigenvalue weighted by molar-refractivity contribution is -0.113. The summed E-state index contributed by atoms with van der Waals surface area (Å²) in [5, 5.41) is 4.73. The molecule has 0 saturated carbocycles. The summed E-state index contributed by atoms with van der Waals surface area (Å²) in [4.78, 5) is 0. The number of nitrogens with zero attached hydrogens (tertiary/aromatic N) is 2. The van der Waals surface area contributed by atoms with E-state index in [-0.39, 0.29) is 6.04 Å². The van der Waals surface area contributed by atoms with E-state index in [2.05, 4.69) is 10.5 Å². The Morgan fingerprint density at radius 3 is 2.72 bits per heavy atom. The number of hydrazine groups is 1. The van der Waals surface area contributed by atoms with Gasteiger partial charge in [-0.3, -0.25) is 10.5 Å². The Balaban J connectivity index is 2.37. The molecule has 1 fully saturated rings. The quantitative estimate of drug-likeness (QED) is 0.627. The first-order chi connectivity index (χ1) is 8.64. The molecule has 6 nitrogen and oxygen atoms in total. The molecule has 1 aromatic heterocycles. The first kappa shape index (κ1) is 13.8. The Hall–Kier alpha value is -0.660. The highest BCUT2D eigenvalue weighted by molar-refractivity contribution is 6.31. The average molecular weight is 275 g/mol. The van der Waals surface area contributed by atoms with Crippen LogP contribution in [-0.2, 0) is 16.5 Å². The van der Waals surface area contributed by atoms with Crippen LogP contribution in [0.3, 0.4) is 0 Å². The van der Waals surface area contributed by atoms with Gasteiger partial charge in [-0.15, -0.1) is 0 Å². The Morgan fingerprint density at radius 1 is 1.61 bits per heavy atom. The SMILES string of the molecule is COC1(C(NN)c2c(Cl)cnn2C)CCOCC1. The van der Waals surface area contributed by atoms with E-state index >= 15 is 0 Å². The molecule has 7 heteroatoms. The van der Waals surface area contributed by atoms with Crippen LogP contribution in [-0.4, -0.2) is 35.7 Å². The number of nitrogens with two attached hydrogens (primary N) is 1. The lowest BCUT2D eigenvalue weighted by atomic mass is 9.84. The highest BCUT2D eigenvalue weighted by Crippen LogP contribution is 2.38. The molecular weight excluding hydrogens is 256 g/mol. The number of hydrogen-bond acceptors (Lipinski definition) is 5. The van der Waals surface area contributed by atoms with E-state index in [1.54, 1.807) is 18.0 Å². The first-order valence-corrected chi connectivity index (χ1v) is 6.29. The van der Waals surface area contributed by atoms with Gasteiger partial charge in [0.05, 0.1) is 28.6 Å². The third kappa shape index (κ3) is 2.26. The van der Waals surface area contributed by atoms with Crippen LogP contribution in [0.15, 0.2) is 6.20 Å². The molecule has 1 aromatic rings. The van der Waals surface area contributed by atoms with Crippen molar-refractivity contribution in [2.24, 2.45) is 12.9 Å². The van der Waals surface area contributed by atoms with Crippen LogP contribution in [0.5, 0.6) is 0 Å². The number of halogens is 1. The summed E-state index contributed by atoms with van der Waals surface area (Å²) in [7, 11) is 3.54. The van der Waals surface area contributed by atoms with Crippen LogP contribution in [0.4, 0.5) is 0 Å². The number of ether oxygens (including phenoxy) is 2. The fourth-order valence-corrected chi connectivity index (χ4v) is 2.83. The maximum atomic E-state index is 6.19. The summed E-state index contributed by atoms with van der Waals surface area (Å²) in [6, 6.07) is -0.216. The fourth-order valence-electron chi connectivity index (χ4n) is 2.55. The van der Waals surface area contributed by atoms with Gasteiger partial charge in [-0.25, -0.2) is 5.43 Å². The summed E-state index contributed by atoms with van der Waals surface area (Å²) in [6.07, 6.45) is 3.14. The highest BCUT2D eigenvalue weighted by Gasteiger charge is 2.43. The second-order valence-corrected chi connectivity index (χ2v) is 4.89. The van der Waals surface area contributed by atoms with Crippen molar-refractivity contribution >= 4 is 11.6 Å². The largest absolute Gasteiger partial charge is 0.381 e. The van der Waals surface area contributed by atoms with Crippen molar-refractivity contribution < 1.29 is 9.47 Å². The van der Waals surface area contributed by atoms with E-state index < -0.39 is 5.60 Å². The predicted octanol–water partition coefficient (Wildman–Crippen LogP) is 0.774. The van der Waals surface area contributed by atoms with Crippen LogP contribution in [0.1, 0.15) is 24.6 Å². The molecular formula is C11H19ClN4O2. The minimum atomic E-state index is -0.412. The van der Waals surface area contributed by atoms with Gasteiger partial charge in [-0.2, -0.15) is 5.10 Å². The van der Waals surface area contributed by atoms with Gasteiger partial charge in [-0.1, -0.05) is 11.6 Å². The van der Waals surface area contributed by atoms with Gasteiger partial charge in [0.1, 0.15) is 0 Å². The van der Waals surface area contributed by atoms with E-state index in [0.29, 0.717) is 18.2 Å². The Kier molecular flexibility index (Phi) is 4.24. The second-order valence-electron chi connectivity index (χ2n) is 4.48. The smallest absolute Gasteiger partial charge is 0.0944 e. The lowest BCUT2D eigenvalue weighted by Gasteiger charge is -2.41. The minimum Gasteiger partial charge on any atom is -0.381 e. The minimum absolute atomic E-state index is 0.216. The van der Waals surface area contributed by atoms with E-state index in [0.717, 1.165) is 18.5 Å². The normalized spacial score (nSPS) is 20.9. The van der Waals surface area contributed by atoms with Gasteiger partial charge in [0, 0.05) is 40.2 Å². The molecule has 2 heterocycles. The summed E-state index contributed by atoms with van der Waals surface area (Å²) in [6.45, 7) is 1.31. The maximum absolute atomic E-state index is 6.19. The van der Waals surface area contributed by atoms with E-state index in [9.17, 15) is 0 Å². The molecule has 102 valence electrons. The average Bonchev–Trinajstić information content (AvgIpc) is 2.73. The second kappa shape index (κ2) is 5.54. The van der Waals surface area contributed by atoms with Gasteiger partial charge in [0.25, 0.3) is 0 Å². The van der Waals surface area contributed by atoms with Crippen LogP contribution in [0.25, 0.3) is 0 Å². The zero-order chi connectivity index (χ0) is 13.2. The monoisotopic (exact) mass is 274 g/mol. The first-order valence-electron chi connectivity index (χ1n) is 5.91. The van der Waals surface area contributed by atoms with Crippen molar-refractivity contribution in [1.82, 2.24) is 15.2 Å². The summed E-state index contributed by atoms with van der Waals surface area (Å²) >= 11 is 6.19. The summed E-state index contributed by atoms with van der Waals surface area (Å²) < 4.78 is 12.9. The maximum Gasteiger partial charge on any atom is 0.0944 e. The molecule has 2 rings (SSSR count). The molecule has 0 bridgehead atoms. The number of aromatic nitrogens is 2. The van der Waals surface area contributed by atoms with Crippen molar-refractivity contribution in [3.8, 4) is 0 Å². The molecule has 0 radical (unpaired) electrons. The number of rotatable bonds is 4. The standard InChI is InChI=1S/C11H19ClN4O2/c1-16-9(8(12)7-14-16)10(15-13)11(17-2)3-5-18-6-4-11/h7,10,15H,3-6,13H2,1-2H3. The number of hydrogen-bond donors (Lipinski definition) is 2.